The molecule has 17 heavy (non-hydrogen) atoms. The molecule has 1 aromatic carbocycles. The molecule has 1 unspecified atom stereocenters. The molecule has 1 atom stereocenters. The van der Waals surface area contributed by atoms with Crippen molar-refractivity contribution in [3.63, 3.8) is 0 Å². The minimum atomic E-state index is -0.00965. The van der Waals surface area contributed by atoms with Gasteiger partial charge in [0.1, 0.15) is 0 Å². The molecule has 0 saturated carbocycles. The number of rotatable bonds is 5. The SMILES string of the molecule is OCC(NCc1ccccc1)c1sccc1Br. The number of thiophene rings is 1. The zero-order chi connectivity index (χ0) is 12.1. The highest BCUT2D eigenvalue weighted by atomic mass is 79.9. The van der Waals surface area contributed by atoms with Crippen LogP contribution in [0.2, 0.25) is 0 Å². The Morgan fingerprint density at radius 3 is 2.59 bits per heavy atom. The first-order chi connectivity index (χ1) is 8.31. The first-order valence-electron chi connectivity index (χ1n) is 5.42. The fourth-order valence-corrected chi connectivity index (χ4v) is 3.35. The van der Waals surface area contributed by atoms with Gasteiger partial charge in [-0.3, -0.25) is 0 Å². The van der Waals surface area contributed by atoms with Crippen LogP contribution in [-0.2, 0) is 6.54 Å². The maximum absolute atomic E-state index is 9.42. The van der Waals surface area contributed by atoms with E-state index in [1.807, 2.05) is 29.6 Å². The molecule has 0 radical (unpaired) electrons. The van der Waals surface area contributed by atoms with Crippen molar-refractivity contribution < 1.29 is 5.11 Å². The molecule has 0 amide bonds. The van der Waals surface area contributed by atoms with E-state index in [4.69, 9.17) is 0 Å². The Kier molecular flexibility index (Phi) is 4.74. The summed E-state index contributed by atoms with van der Waals surface area (Å²) in [6.07, 6.45) is 0. The second-order valence-electron chi connectivity index (χ2n) is 3.73. The highest BCUT2D eigenvalue weighted by Gasteiger charge is 2.14. The molecule has 0 aliphatic heterocycles. The first kappa shape index (κ1) is 12.8. The van der Waals surface area contributed by atoms with Gasteiger partial charge < -0.3 is 10.4 Å². The van der Waals surface area contributed by atoms with Crippen molar-refractivity contribution in [3.05, 3.63) is 56.7 Å². The van der Waals surface area contributed by atoms with E-state index in [1.165, 1.54) is 5.56 Å². The lowest BCUT2D eigenvalue weighted by atomic mass is 10.2. The van der Waals surface area contributed by atoms with Crippen molar-refractivity contribution in [2.45, 2.75) is 12.6 Å². The summed E-state index contributed by atoms with van der Waals surface area (Å²) in [7, 11) is 0. The Labute approximate surface area is 113 Å². The van der Waals surface area contributed by atoms with Gasteiger partial charge in [-0.25, -0.2) is 0 Å². The van der Waals surface area contributed by atoms with Crippen LogP contribution in [0.1, 0.15) is 16.5 Å². The van der Waals surface area contributed by atoms with E-state index in [-0.39, 0.29) is 12.6 Å². The molecule has 0 aliphatic carbocycles. The van der Waals surface area contributed by atoms with Gasteiger partial charge in [0.2, 0.25) is 0 Å². The monoisotopic (exact) mass is 311 g/mol. The van der Waals surface area contributed by atoms with Crippen molar-refractivity contribution in [1.29, 1.82) is 0 Å². The lowest BCUT2D eigenvalue weighted by molar-refractivity contribution is 0.245. The van der Waals surface area contributed by atoms with Crippen molar-refractivity contribution >= 4 is 27.3 Å². The molecule has 1 heterocycles. The van der Waals surface area contributed by atoms with E-state index in [0.717, 1.165) is 15.9 Å². The van der Waals surface area contributed by atoms with Crippen molar-refractivity contribution in [1.82, 2.24) is 5.32 Å². The van der Waals surface area contributed by atoms with Crippen LogP contribution >= 0.6 is 27.3 Å². The molecule has 2 rings (SSSR count). The van der Waals surface area contributed by atoms with Crippen LogP contribution in [0.4, 0.5) is 0 Å². The summed E-state index contributed by atoms with van der Waals surface area (Å²) in [6.45, 7) is 0.863. The van der Waals surface area contributed by atoms with Gasteiger partial charge in [0.05, 0.1) is 12.6 Å². The molecule has 2 aromatic rings. The maximum atomic E-state index is 9.42. The van der Waals surface area contributed by atoms with Crippen LogP contribution in [0.5, 0.6) is 0 Å². The van der Waals surface area contributed by atoms with Crippen LogP contribution in [-0.4, -0.2) is 11.7 Å². The summed E-state index contributed by atoms with van der Waals surface area (Å²) in [6, 6.07) is 12.2. The minimum absolute atomic E-state index is 0.00965. The largest absolute Gasteiger partial charge is 0.394 e. The number of aliphatic hydroxyl groups is 1. The van der Waals surface area contributed by atoms with Gasteiger partial charge in [-0.1, -0.05) is 30.3 Å². The Bertz CT molecular complexity index is 457. The van der Waals surface area contributed by atoms with Gasteiger partial charge >= 0.3 is 0 Å². The van der Waals surface area contributed by atoms with E-state index in [2.05, 4.69) is 33.4 Å². The smallest absolute Gasteiger partial charge is 0.0663 e. The van der Waals surface area contributed by atoms with E-state index in [0.29, 0.717) is 0 Å². The summed E-state index contributed by atoms with van der Waals surface area (Å²) in [5, 5.41) is 14.8. The third kappa shape index (κ3) is 3.39. The van der Waals surface area contributed by atoms with Crippen LogP contribution < -0.4 is 5.32 Å². The van der Waals surface area contributed by atoms with Crippen molar-refractivity contribution in [3.8, 4) is 0 Å². The molecule has 1 aromatic heterocycles. The Hall–Kier alpha value is -0.680. The van der Waals surface area contributed by atoms with Gasteiger partial charge in [-0.15, -0.1) is 11.3 Å². The third-order valence-electron chi connectivity index (χ3n) is 2.54. The van der Waals surface area contributed by atoms with Crippen molar-refractivity contribution in [2.24, 2.45) is 0 Å². The molecule has 0 saturated heterocycles. The third-order valence-corrected chi connectivity index (χ3v) is 4.52. The minimum Gasteiger partial charge on any atom is -0.394 e. The molecule has 2 nitrogen and oxygen atoms in total. The fraction of sp³-hybridized carbons (Fsp3) is 0.231. The van der Waals surface area contributed by atoms with E-state index in [1.54, 1.807) is 11.3 Å². The quantitative estimate of drug-likeness (QED) is 0.887. The Morgan fingerprint density at radius 2 is 2.00 bits per heavy atom. The molecular formula is C13H14BrNOS. The number of hydrogen-bond donors (Lipinski definition) is 2. The predicted octanol–water partition coefficient (Wildman–Crippen LogP) is 3.33. The molecule has 90 valence electrons. The fourth-order valence-electron chi connectivity index (χ4n) is 1.63. The molecule has 0 fully saturated rings. The van der Waals surface area contributed by atoms with E-state index < -0.39 is 0 Å². The lowest BCUT2D eigenvalue weighted by Crippen LogP contribution is -2.23. The summed E-state index contributed by atoms with van der Waals surface area (Å²) in [5.41, 5.74) is 1.22. The first-order valence-corrected chi connectivity index (χ1v) is 7.09. The molecular weight excluding hydrogens is 298 g/mol. The predicted molar refractivity (Wildman–Crippen MR) is 75.1 cm³/mol. The zero-order valence-electron chi connectivity index (χ0n) is 9.27. The standard InChI is InChI=1S/C13H14BrNOS/c14-11-6-7-17-13(11)12(9-16)15-8-10-4-2-1-3-5-10/h1-7,12,15-16H,8-9H2. The van der Waals surface area contributed by atoms with Crippen LogP contribution in [0, 0.1) is 0 Å². The van der Waals surface area contributed by atoms with Gasteiger partial charge in [-0.2, -0.15) is 0 Å². The number of aliphatic hydroxyl groups excluding tert-OH is 1. The van der Waals surface area contributed by atoms with Crippen molar-refractivity contribution in [2.75, 3.05) is 6.61 Å². The summed E-state index contributed by atoms with van der Waals surface area (Å²) in [4.78, 5) is 1.14. The average molecular weight is 312 g/mol. The second kappa shape index (κ2) is 6.31. The highest BCUT2D eigenvalue weighted by Crippen LogP contribution is 2.28. The van der Waals surface area contributed by atoms with Crippen LogP contribution in [0.25, 0.3) is 0 Å². The second-order valence-corrected chi connectivity index (χ2v) is 5.54. The summed E-state index contributed by atoms with van der Waals surface area (Å²) in [5.74, 6) is 0. The number of benzene rings is 1. The van der Waals surface area contributed by atoms with Gasteiger partial charge in [0.15, 0.2) is 0 Å². The van der Waals surface area contributed by atoms with Crippen LogP contribution in [0.15, 0.2) is 46.3 Å². The molecule has 0 spiro atoms. The topological polar surface area (TPSA) is 32.3 Å². The lowest BCUT2D eigenvalue weighted by Gasteiger charge is -2.15. The average Bonchev–Trinajstić information content (AvgIpc) is 2.78. The number of hydrogen-bond acceptors (Lipinski definition) is 3. The highest BCUT2D eigenvalue weighted by molar-refractivity contribution is 9.10. The number of nitrogens with one attached hydrogen (secondary N) is 1. The molecule has 0 bridgehead atoms. The Balaban J connectivity index is 2.00. The molecule has 4 heteroatoms. The van der Waals surface area contributed by atoms with E-state index >= 15 is 0 Å². The van der Waals surface area contributed by atoms with E-state index in [9.17, 15) is 5.11 Å². The van der Waals surface area contributed by atoms with Gasteiger partial charge in [0, 0.05) is 15.9 Å². The molecule has 2 N–H and O–H groups in total. The maximum Gasteiger partial charge on any atom is 0.0663 e. The van der Waals surface area contributed by atoms with Gasteiger partial charge in [-0.05, 0) is 32.9 Å². The molecule has 0 aliphatic rings. The zero-order valence-corrected chi connectivity index (χ0v) is 11.7. The number of halogens is 1. The summed E-state index contributed by atoms with van der Waals surface area (Å²) < 4.78 is 1.06. The Morgan fingerprint density at radius 1 is 1.24 bits per heavy atom. The van der Waals surface area contributed by atoms with Crippen LogP contribution in [0.3, 0.4) is 0 Å². The normalized spacial score (nSPS) is 12.6. The summed E-state index contributed by atoms with van der Waals surface area (Å²) >= 11 is 5.14. The van der Waals surface area contributed by atoms with Gasteiger partial charge in [0.25, 0.3) is 0 Å².